The second-order valence-electron chi connectivity index (χ2n) is 22.7. The number of phosphoric acid groups is 1. The van der Waals surface area contributed by atoms with Crippen LogP contribution >= 0.6 is 7.82 Å². The minimum atomic E-state index is -4.38. The van der Waals surface area contributed by atoms with Crippen LogP contribution in [0.2, 0.25) is 0 Å². The van der Waals surface area contributed by atoms with Crippen molar-refractivity contribution in [1.82, 2.24) is 0 Å². The van der Waals surface area contributed by atoms with Crippen LogP contribution in [0.15, 0.2) is 0 Å². The second-order valence-corrected chi connectivity index (χ2v) is 24.2. The van der Waals surface area contributed by atoms with E-state index in [1.54, 1.807) is 0 Å². The Kier molecular flexibility index (Phi) is 60.4. The highest BCUT2D eigenvalue weighted by atomic mass is 31.2. The average molecular weight is 1070 g/mol. The van der Waals surface area contributed by atoms with Crippen molar-refractivity contribution in [2.45, 2.75) is 373 Å². The molecule has 0 radical (unpaired) electrons. The minimum absolute atomic E-state index is 0.0585. The summed E-state index contributed by atoms with van der Waals surface area (Å²) in [5, 5.41) is 0. The molecule has 0 bridgehead atoms. The maximum Gasteiger partial charge on any atom is 0.472 e. The van der Waals surface area contributed by atoms with E-state index < -0.39 is 26.5 Å². The molecule has 10 heteroatoms. The van der Waals surface area contributed by atoms with Crippen molar-refractivity contribution >= 4 is 19.8 Å². The van der Waals surface area contributed by atoms with Crippen molar-refractivity contribution < 1.29 is 37.6 Å². The van der Waals surface area contributed by atoms with Gasteiger partial charge in [0, 0.05) is 19.4 Å². The third-order valence-corrected chi connectivity index (χ3v) is 16.2. The van der Waals surface area contributed by atoms with E-state index in [2.05, 4.69) is 13.8 Å². The van der Waals surface area contributed by atoms with Crippen molar-refractivity contribution in [3.8, 4) is 0 Å². The SMILES string of the molecule is CCCCCCCCCCCCCCCCCCCCCCCCCCCCCCCCCCCCCCCCCC(=O)OC(COC(=O)CCCCCCCCCCCCCCCC)COP(=O)(O)OCCN. The number of phosphoric ester groups is 1. The summed E-state index contributed by atoms with van der Waals surface area (Å²) in [4.78, 5) is 35.1. The Bertz CT molecular complexity index is 1170. The molecule has 3 N–H and O–H groups in total. The first-order valence-corrected chi connectivity index (χ1v) is 34.5. The fourth-order valence-corrected chi connectivity index (χ4v) is 11.1. The lowest BCUT2D eigenvalue weighted by atomic mass is 10.0. The molecule has 442 valence electrons. The Morgan fingerprint density at radius 2 is 0.581 bits per heavy atom. The van der Waals surface area contributed by atoms with Gasteiger partial charge in [-0.25, -0.2) is 4.57 Å². The molecule has 0 aliphatic rings. The number of nitrogens with two attached hydrogens (primary N) is 1. The standard InChI is InChI=1S/C64H128NO8P/c1-3-5-7-9-11-13-15-17-19-20-21-22-23-24-25-26-27-28-29-30-31-32-33-34-35-36-37-38-39-40-41-42-43-45-47-49-51-53-55-57-64(67)73-62(61-72-74(68,69)71-59-58-65)60-70-63(66)56-54-52-50-48-46-44-18-16-14-12-10-8-6-4-2/h62H,3-61,65H2,1-2H3,(H,68,69). The van der Waals surface area contributed by atoms with E-state index in [9.17, 15) is 19.0 Å². The van der Waals surface area contributed by atoms with Gasteiger partial charge < -0.3 is 20.1 Å². The smallest absolute Gasteiger partial charge is 0.462 e. The maximum atomic E-state index is 12.7. The van der Waals surface area contributed by atoms with Gasteiger partial charge in [-0.1, -0.05) is 341 Å². The molecule has 0 aromatic rings. The summed E-state index contributed by atoms with van der Waals surface area (Å²) in [6.45, 7) is 3.82. The number of carbonyl (C=O) groups excluding carboxylic acids is 2. The average Bonchev–Trinajstić information content (AvgIpc) is 3.39. The van der Waals surface area contributed by atoms with E-state index in [1.807, 2.05) is 0 Å². The van der Waals surface area contributed by atoms with E-state index >= 15 is 0 Å². The topological polar surface area (TPSA) is 134 Å². The zero-order chi connectivity index (χ0) is 53.8. The summed E-state index contributed by atoms with van der Waals surface area (Å²) in [7, 11) is -4.38. The summed E-state index contributed by atoms with van der Waals surface area (Å²) in [6.07, 6.45) is 70.8. The zero-order valence-corrected chi connectivity index (χ0v) is 50.5. The highest BCUT2D eigenvalue weighted by Gasteiger charge is 2.26. The Hall–Kier alpha value is -0.990. The molecule has 2 unspecified atom stereocenters. The molecule has 0 spiro atoms. The van der Waals surface area contributed by atoms with Gasteiger partial charge in [0.15, 0.2) is 6.10 Å². The summed E-state index contributed by atoms with van der Waals surface area (Å²) in [6, 6.07) is 0. The van der Waals surface area contributed by atoms with Crippen LogP contribution in [-0.4, -0.2) is 49.3 Å². The normalized spacial score (nSPS) is 12.9. The first kappa shape index (κ1) is 73.0. The predicted octanol–water partition coefficient (Wildman–Crippen LogP) is 21.0. The number of carbonyl (C=O) groups is 2. The van der Waals surface area contributed by atoms with Crippen LogP contribution in [0.3, 0.4) is 0 Å². The molecule has 0 fully saturated rings. The number of rotatable bonds is 64. The van der Waals surface area contributed by atoms with Crippen LogP contribution in [0.5, 0.6) is 0 Å². The van der Waals surface area contributed by atoms with Crippen LogP contribution in [0.25, 0.3) is 0 Å². The first-order valence-electron chi connectivity index (χ1n) is 33.0. The Morgan fingerprint density at radius 1 is 0.351 bits per heavy atom. The molecule has 0 aromatic carbocycles. The van der Waals surface area contributed by atoms with Gasteiger partial charge in [-0.2, -0.15) is 0 Å². The van der Waals surface area contributed by atoms with Crippen LogP contribution in [0, 0.1) is 0 Å². The molecule has 0 aliphatic carbocycles. The fourth-order valence-electron chi connectivity index (χ4n) is 10.3. The highest BCUT2D eigenvalue weighted by Crippen LogP contribution is 2.43. The third kappa shape index (κ3) is 60.2. The van der Waals surface area contributed by atoms with E-state index in [-0.39, 0.29) is 38.6 Å². The van der Waals surface area contributed by atoms with Gasteiger partial charge in [-0.3, -0.25) is 18.6 Å². The Balaban J connectivity index is 3.68. The molecule has 0 aliphatic heterocycles. The highest BCUT2D eigenvalue weighted by molar-refractivity contribution is 7.47. The zero-order valence-electron chi connectivity index (χ0n) is 49.6. The van der Waals surface area contributed by atoms with Gasteiger partial charge in [0.05, 0.1) is 13.2 Å². The van der Waals surface area contributed by atoms with E-state index in [0.717, 1.165) is 32.1 Å². The number of unbranched alkanes of at least 4 members (excludes halogenated alkanes) is 51. The second kappa shape index (κ2) is 61.2. The minimum Gasteiger partial charge on any atom is -0.462 e. The summed E-state index contributed by atoms with van der Waals surface area (Å²) in [5.74, 6) is -0.803. The number of hydrogen-bond donors (Lipinski definition) is 2. The van der Waals surface area contributed by atoms with Crippen molar-refractivity contribution in [1.29, 1.82) is 0 Å². The van der Waals surface area contributed by atoms with Crippen molar-refractivity contribution in [2.75, 3.05) is 26.4 Å². The number of hydrogen-bond acceptors (Lipinski definition) is 8. The third-order valence-electron chi connectivity index (χ3n) is 15.2. The predicted molar refractivity (Wildman–Crippen MR) is 317 cm³/mol. The molecular weight excluding hydrogens is 942 g/mol. The van der Waals surface area contributed by atoms with E-state index in [4.69, 9.17) is 24.3 Å². The monoisotopic (exact) mass is 1070 g/mol. The molecule has 74 heavy (non-hydrogen) atoms. The molecule has 2 atom stereocenters. The number of esters is 2. The van der Waals surface area contributed by atoms with Gasteiger partial charge >= 0.3 is 19.8 Å². The van der Waals surface area contributed by atoms with Crippen molar-refractivity contribution in [2.24, 2.45) is 5.73 Å². The van der Waals surface area contributed by atoms with Crippen LogP contribution < -0.4 is 5.73 Å². The summed E-state index contributed by atoms with van der Waals surface area (Å²) in [5.41, 5.74) is 5.38. The molecule has 0 saturated carbocycles. The molecule has 0 aromatic heterocycles. The summed E-state index contributed by atoms with van der Waals surface area (Å²) < 4.78 is 33.0. The molecule has 0 rings (SSSR count). The quantitative estimate of drug-likeness (QED) is 0.0347. The van der Waals surface area contributed by atoms with Crippen molar-refractivity contribution in [3.63, 3.8) is 0 Å². The molecule has 0 saturated heterocycles. The van der Waals surface area contributed by atoms with Gasteiger partial charge in [0.1, 0.15) is 6.61 Å². The van der Waals surface area contributed by atoms with E-state index in [1.165, 1.54) is 302 Å². The lowest BCUT2D eigenvalue weighted by molar-refractivity contribution is -0.161. The van der Waals surface area contributed by atoms with E-state index in [0.29, 0.717) is 6.42 Å². The summed E-state index contributed by atoms with van der Waals surface area (Å²) >= 11 is 0. The Morgan fingerprint density at radius 3 is 0.824 bits per heavy atom. The number of ether oxygens (including phenoxy) is 2. The molecular formula is C64H128NO8P. The van der Waals surface area contributed by atoms with Crippen molar-refractivity contribution in [3.05, 3.63) is 0 Å². The van der Waals surface area contributed by atoms with Crippen LogP contribution in [-0.2, 0) is 32.7 Å². The lowest BCUT2D eigenvalue weighted by Gasteiger charge is -2.19. The molecule has 0 amide bonds. The largest absolute Gasteiger partial charge is 0.472 e. The van der Waals surface area contributed by atoms with Gasteiger partial charge in [0.2, 0.25) is 0 Å². The maximum absolute atomic E-state index is 12.7. The van der Waals surface area contributed by atoms with Gasteiger partial charge in [-0.15, -0.1) is 0 Å². The van der Waals surface area contributed by atoms with Gasteiger partial charge in [-0.05, 0) is 12.8 Å². The first-order chi connectivity index (χ1) is 36.3. The fraction of sp³-hybridized carbons (Fsp3) is 0.969. The molecule has 9 nitrogen and oxygen atoms in total. The Labute approximate surface area is 460 Å². The van der Waals surface area contributed by atoms with Crippen LogP contribution in [0.1, 0.15) is 367 Å². The lowest BCUT2D eigenvalue weighted by Crippen LogP contribution is -2.29. The van der Waals surface area contributed by atoms with Crippen LogP contribution in [0.4, 0.5) is 0 Å². The van der Waals surface area contributed by atoms with Gasteiger partial charge in [0.25, 0.3) is 0 Å². The molecule has 0 heterocycles.